The molecule has 0 aliphatic carbocycles. The fourth-order valence-corrected chi connectivity index (χ4v) is 2.05. The maximum absolute atomic E-state index is 11.6. The lowest BCUT2D eigenvalue weighted by atomic mass is 10.3. The van der Waals surface area contributed by atoms with E-state index in [1.807, 2.05) is 0 Å². The summed E-state index contributed by atoms with van der Waals surface area (Å²) in [5.74, 6) is -0.157. The molecule has 9 heteroatoms. The number of non-ortho nitro benzene ring substituents is 1. The lowest BCUT2D eigenvalue weighted by molar-refractivity contribution is -0.384. The topological polar surface area (TPSA) is 107 Å². The summed E-state index contributed by atoms with van der Waals surface area (Å²) in [7, 11) is -4.05. The van der Waals surface area contributed by atoms with E-state index in [9.17, 15) is 18.5 Å². The number of aliphatic hydroxyl groups is 1. The number of hydrogen-bond acceptors (Lipinski definition) is 6. The Labute approximate surface area is 108 Å². The first kappa shape index (κ1) is 14.8. The summed E-state index contributed by atoms with van der Waals surface area (Å²) in [6.07, 6.45) is -1.10. The van der Waals surface area contributed by atoms with Gasteiger partial charge in [-0.25, -0.2) is 0 Å². The average Bonchev–Trinajstić information content (AvgIpc) is 2.36. The standard InChI is InChI=1S/C9H10ClNO6S/c10-5-8(12)6-17-18(15,16)9-3-1-7(2-4-9)11(13)14/h1-4,8,12H,5-6H2/t8-/m0/s1. The molecule has 0 bridgehead atoms. The smallest absolute Gasteiger partial charge is 0.297 e. The molecule has 1 atom stereocenters. The van der Waals surface area contributed by atoms with Gasteiger partial charge in [-0.15, -0.1) is 11.6 Å². The molecule has 0 amide bonds. The van der Waals surface area contributed by atoms with Gasteiger partial charge in [-0.05, 0) is 12.1 Å². The van der Waals surface area contributed by atoms with Gasteiger partial charge in [0.05, 0.1) is 28.4 Å². The van der Waals surface area contributed by atoms with E-state index in [0.717, 1.165) is 24.3 Å². The van der Waals surface area contributed by atoms with Crippen LogP contribution >= 0.6 is 11.6 Å². The minimum atomic E-state index is -4.05. The SMILES string of the molecule is O=[N+]([O-])c1ccc(S(=O)(=O)OC[C@@H](O)CCl)cc1. The largest absolute Gasteiger partial charge is 0.389 e. The van der Waals surface area contributed by atoms with Gasteiger partial charge < -0.3 is 5.11 Å². The maximum atomic E-state index is 11.6. The van der Waals surface area contributed by atoms with Crippen LogP contribution in [0.4, 0.5) is 5.69 Å². The summed E-state index contributed by atoms with van der Waals surface area (Å²) in [6, 6.07) is 4.21. The van der Waals surface area contributed by atoms with Crippen molar-refractivity contribution in [2.24, 2.45) is 0 Å². The molecule has 0 fully saturated rings. The quantitative estimate of drug-likeness (QED) is 0.362. The molecule has 18 heavy (non-hydrogen) atoms. The first-order valence-electron chi connectivity index (χ1n) is 4.74. The Hall–Kier alpha value is -1.22. The molecule has 1 rings (SSSR count). The van der Waals surface area contributed by atoms with Crippen LogP contribution in [-0.2, 0) is 14.3 Å². The van der Waals surface area contributed by atoms with Crippen molar-refractivity contribution in [2.75, 3.05) is 12.5 Å². The second-order valence-electron chi connectivity index (χ2n) is 3.30. The Kier molecular flexibility index (Phi) is 5.03. The Balaban J connectivity index is 2.82. The molecular formula is C9H10ClNO6S. The van der Waals surface area contributed by atoms with Crippen molar-refractivity contribution in [3.63, 3.8) is 0 Å². The van der Waals surface area contributed by atoms with Crippen molar-refractivity contribution in [1.29, 1.82) is 0 Å². The zero-order valence-electron chi connectivity index (χ0n) is 9.02. The van der Waals surface area contributed by atoms with Crippen LogP contribution in [-0.4, -0.2) is 37.0 Å². The monoisotopic (exact) mass is 295 g/mol. The first-order chi connectivity index (χ1) is 8.36. The maximum Gasteiger partial charge on any atom is 0.297 e. The minimum Gasteiger partial charge on any atom is -0.389 e. The van der Waals surface area contributed by atoms with Crippen LogP contribution in [0, 0.1) is 10.1 Å². The van der Waals surface area contributed by atoms with Crippen molar-refractivity contribution < 1.29 is 22.6 Å². The van der Waals surface area contributed by atoms with Gasteiger partial charge in [-0.1, -0.05) is 0 Å². The number of benzene rings is 1. The van der Waals surface area contributed by atoms with Gasteiger partial charge in [0.2, 0.25) is 0 Å². The van der Waals surface area contributed by atoms with E-state index < -0.39 is 27.8 Å². The number of halogens is 1. The van der Waals surface area contributed by atoms with Crippen molar-refractivity contribution in [2.45, 2.75) is 11.0 Å². The van der Waals surface area contributed by atoms with Gasteiger partial charge in [0.25, 0.3) is 15.8 Å². The van der Waals surface area contributed by atoms with Crippen LogP contribution in [0.1, 0.15) is 0 Å². The molecule has 0 saturated carbocycles. The molecule has 0 spiro atoms. The molecule has 1 aromatic carbocycles. The van der Waals surface area contributed by atoms with E-state index in [1.54, 1.807) is 0 Å². The van der Waals surface area contributed by atoms with Crippen LogP contribution in [0.3, 0.4) is 0 Å². The van der Waals surface area contributed by atoms with E-state index in [1.165, 1.54) is 0 Å². The Morgan fingerprint density at radius 2 is 1.94 bits per heavy atom. The van der Waals surface area contributed by atoms with Crippen molar-refractivity contribution >= 4 is 27.4 Å². The third kappa shape index (κ3) is 3.91. The first-order valence-corrected chi connectivity index (χ1v) is 6.69. The molecule has 0 heterocycles. The molecule has 0 aliphatic rings. The van der Waals surface area contributed by atoms with E-state index in [4.69, 9.17) is 16.7 Å². The summed E-state index contributed by atoms with van der Waals surface area (Å²) < 4.78 is 27.7. The highest BCUT2D eigenvalue weighted by Crippen LogP contribution is 2.17. The van der Waals surface area contributed by atoms with Gasteiger partial charge in [0.1, 0.15) is 0 Å². The Morgan fingerprint density at radius 3 is 2.39 bits per heavy atom. The summed E-state index contributed by atoms with van der Waals surface area (Å²) in [5, 5.41) is 19.5. The second-order valence-corrected chi connectivity index (χ2v) is 5.22. The third-order valence-electron chi connectivity index (χ3n) is 1.93. The fourth-order valence-electron chi connectivity index (χ4n) is 1.02. The van der Waals surface area contributed by atoms with Crippen LogP contribution in [0.25, 0.3) is 0 Å². The molecule has 0 saturated heterocycles. The molecule has 0 aliphatic heterocycles. The summed E-state index contributed by atoms with van der Waals surface area (Å²) in [5.41, 5.74) is -0.227. The number of nitro groups is 1. The molecule has 100 valence electrons. The zero-order valence-corrected chi connectivity index (χ0v) is 10.6. The highest BCUT2D eigenvalue weighted by molar-refractivity contribution is 7.86. The number of aliphatic hydroxyl groups excluding tert-OH is 1. The van der Waals surface area contributed by atoms with Crippen LogP contribution in [0.15, 0.2) is 29.2 Å². The van der Waals surface area contributed by atoms with Crippen molar-refractivity contribution in [1.82, 2.24) is 0 Å². The van der Waals surface area contributed by atoms with E-state index in [2.05, 4.69) is 4.18 Å². The van der Waals surface area contributed by atoms with Gasteiger partial charge in [-0.3, -0.25) is 14.3 Å². The minimum absolute atomic E-state index is 0.157. The average molecular weight is 296 g/mol. The molecular weight excluding hydrogens is 286 g/mol. The number of nitro benzene ring substituents is 1. The van der Waals surface area contributed by atoms with Crippen LogP contribution in [0.2, 0.25) is 0 Å². The molecule has 1 aromatic rings. The number of alkyl halides is 1. The zero-order chi connectivity index (χ0) is 13.8. The van der Waals surface area contributed by atoms with Crippen molar-refractivity contribution in [3.8, 4) is 0 Å². The highest BCUT2D eigenvalue weighted by Gasteiger charge is 2.18. The molecule has 0 aromatic heterocycles. The van der Waals surface area contributed by atoms with E-state index in [-0.39, 0.29) is 16.5 Å². The van der Waals surface area contributed by atoms with Crippen LogP contribution in [0.5, 0.6) is 0 Å². The molecule has 1 N–H and O–H groups in total. The molecule has 0 unspecified atom stereocenters. The molecule has 7 nitrogen and oxygen atoms in total. The van der Waals surface area contributed by atoms with E-state index in [0.29, 0.717) is 0 Å². The summed E-state index contributed by atoms with van der Waals surface area (Å²) in [4.78, 5) is 9.52. The Bertz CT molecular complexity index is 514. The summed E-state index contributed by atoms with van der Waals surface area (Å²) in [6.45, 7) is -0.469. The van der Waals surface area contributed by atoms with Gasteiger partial charge in [-0.2, -0.15) is 8.42 Å². The second kappa shape index (κ2) is 6.10. The lowest BCUT2D eigenvalue weighted by Crippen LogP contribution is -2.20. The number of nitrogens with zero attached hydrogens (tertiary/aromatic N) is 1. The van der Waals surface area contributed by atoms with Gasteiger partial charge in [0, 0.05) is 12.1 Å². The van der Waals surface area contributed by atoms with Gasteiger partial charge >= 0.3 is 0 Å². The molecule has 0 radical (unpaired) electrons. The Morgan fingerprint density at radius 1 is 1.39 bits per heavy atom. The predicted molar refractivity (Wildman–Crippen MR) is 63.0 cm³/mol. The van der Waals surface area contributed by atoms with E-state index >= 15 is 0 Å². The number of hydrogen-bond donors (Lipinski definition) is 1. The normalized spacial score (nSPS) is 13.2. The predicted octanol–water partition coefficient (Wildman–Crippen LogP) is 0.900. The lowest BCUT2D eigenvalue weighted by Gasteiger charge is -2.08. The summed E-state index contributed by atoms with van der Waals surface area (Å²) >= 11 is 5.28. The highest BCUT2D eigenvalue weighted by atomic mass is 35.5. The fraction of sp³-hybridized carbons (Fsp3) is 0.333. The third-order valence-corrected chi connectivity index (χ3v) is 3.58. The van der Waals surface area contributed by atoms with Gasteiger partial charge in [0.15, 0.2) is 0 Å². The number of rotatable bonds is 6. The van der Waals surface area contributed by atoms with Crippen molar-refractivity contribution in [3.05, 3.63) is 34.4 Å². The van der Waals surface area contributed by atoms with Crippen LogP contribution < -0.4 is 0 Å².